The second kappa shape index (κ2) is 39.0. The fourth-order valence-electron chi connectivity index (χ4n) is 4.72. The first-order valence-corrected chi connectivity index (χ1v) is 17.4. The Hall–Kier alpha value is -1.04. The van der Waals surface area contributed by atoms with Crippen LogP contribution in [0.2, 0.25) is 0 Å². The van der Waals surface area contributed by atoms with Gasteiger partial charge < -0.3 is 30.0 Å². The molecule has 43 heavy (non-hydrogen) atoms. The van der Waals surface area contributed by atoms with Crippen molar-refractivity contribution in [1.82, 2.24) is 0 Å². The summed E-state index contributed by atoms with van der Waals surface area (Å²) in [6.45, 7) is 4.39. The Morgan fingerprint density at radius 2 is 0.837 bits per heavy atom. The zero-order valence-corrected chi connectivity index (χ0v) is 31.1. The number of aliphatic hydroxyl groups is 2. The maximum Gasteiger partial charge on any atom is 2.00 e. The second-order valence-electron chi connectivity index (χ2n) is 11.8. The van der Waals surface area contributed by atoms with Gasteiger partial charge in [-0.05, 0) is 77.0 Å². The van der Waals surface area contributed by atoms with Gasteiger partial charge in [0.1, 0.15) is 0 Å². The van der Waals surface area contributed by atoms with Crippen LogP contribution in [0.5, 0.6) is 0 Å². The van der Waals surface area contributed by atoms with Crippen molar-refractivity contribution in [2.75, 3.05) is 0 Å². The molecule has 2 N–H and O–H groups in total. The average molecular weight is 660 g/mol. The number of hydrogen-bond donors (Lipinski definition) is 2. The van der Waals surface area contributed by atoms with Crippen molar-refractivity contribution in [3.05, 3.63) is 24.3 Å². The Balaban J connectivity index is -0.000000727. The van der Waals surface area contributed by atoms with Crippen LogP contribution in [-0.2, 0) is 29.1 Å². The Bertz CT molecular complexity index is 583. The summed E-state index contributed by atoms with van der Waals surface area (Å²) < 4.78 is 0. The normalized spacial score (nSPS) is 12.6. The van der Waals surface area contributed by atoms with E-state index in [0.717, 1.165) is 116 Å². The molecule has 0 aliphatic rings. The van der Waals surface area contributed by atoms with E-state index in [1.54, 1.807) is 0 Å². The van der Waals surface area contributed by atoms with Gasteiger partial charge in [0.05, 0.1) is 12.2 Å². The molecular weight excluding hydrogens is 594 g/mol. The molecule has 0 radical (unpaired) electrons. The Labute approximate surface area is 278 Å². The van der Waals surface area contributed by atoms with E-state index < -0.39 is 11.9 Å². The van der Waals surface area contributed by atoms with Crippen LogP contribution < -0.4 is 10.2 Å². The fraction of sp³-hybridized carbons (Fsp3) is 0.833. The van der Waals surface area contributed by atoms with Crippen LogP contribution in [0.15, 0.2) is 24.3 Å². The van der Waals surface area contributed by atoms with E-state index in [9.17, 15) is 30.0 Å². The zero-order valence-electron chi connectivity index (χ0n) is 28.1. The molecule has 0 heterocycles. The topological polar surface area (TPSA) is 121 Å². The molecule has 0 bridgehead atoms. The minimum atomic E-state index is -0.939. The van der Waals surface area contributed by atoms with Gasteiger partial charge in [-0.1, -0.05) is 128 Å². The van der Waals surface area contributed by atoms with Crippen LogP contribution in [-0.4, -0.2) is 34.4 Å². The third kappa shape index (κ3) is 45.5. The fourth-order valence-corrected chi connectivity index (χ4v) is 4.72. The van der Waals surface area contributed by atoms with Crippen molar-refractivity contribution in [1.29, 1.82) is 0 Å². The second-order valence-corrected chi connectivity index (χ2v) is 11.8. The van der Waals surface area contributed by atoms with Crippen molar-refractivity contribution >= 4 is 11.9 Å². The number of unbranched alkanes of at least 4 members (excludes halogenated alkanes) is 16. The number of rotatable bonds is 30. The predicted molar refractivity (Wildman–Crippen MR) is 172 cm³/mol. The third-order valence-electron chi connectivity index (χ3n) is 7.43. The number of aliphatic carboxylic acids is 2. The first kappa shape index (κ1) is 46.4. The number of allylic oxidation sites excluding steroid dienone is 2. The molecule has 0 saturated heterocycles. The molecule has 0 saturated carbocycles. The van der Waals surface area contributed by atoms with E-state index in [0.29, 0.717) is 0 Å². The Morgan fingerprint density at radius 3 is 1.19 bits per heavy atom. The zero-order chi connectivity index (χ0) is 31.5. The van der Waals surface area contributed by atoms with Gasteiger partial charge in [0.15, 0.2) is 0 Å². The molecular formula is C36H66O6Zn. The molecule has 2 atom stereocenters. The van der Waals surface area contributed by atoms with Crippen LogP contribution in [0, 0.1) is 0 Å². The van der Waals surface area contributed by atoms with E-state index >= 15 is 0 Å². The van der Waals surface area contributed by atoms with Gasteiger partial charge in [0, 0.05) is 11.9 Å². The van der Waals surface area contributed by atoms with E-state index in [1.807, 2.05) is 0 Å². The van der Waals surface area contributed by atoms with Crippen LogP contribution in [0.3, 0.4) is 0 Å². The molecule has 0 fully saturated rings. The SMILES string of the molecule is CCCCCCC(O)C/C=C\CCCCCCCC(=O)[O-].CCCCCCC(O)C/C=C\CCCCCCCC(=O)[O-].[Zn+2]. The third-order valence-corrected chi connectivity index (χ3v) is 7.43. The number of carbonyl (C=O) groups excluding carboxylic acids is 2. The summed E-state index contributed by atoms with van der Waals surface area (Å²) in [5, 5.41) is 40.0. The van der Waals surface area contributed by atoms with E-state index in [-0.39, 0.29) is 44.5 Å². The van der Waals surface area contributed by atoms with Gasteiger partial charge in [0.25, 0.3) is 0 Å². The Morgan fingerprint density at radius 1 is 0.512 bits per heavy atom. The molecule has 7 heteroatoms. The molecule has 0 aliphatic heterocycles. The first-order valence-electron chi connectivity index (χ1n) is 17.4. The smallest absolute Gasteiger partial charge is 0.550 e. The van der Waals surface area contributed by atoms with E-state index in [2.05, 4.69) is 38.2 Å². The van der Waals surface area contributed by atoms with Crippen LogP contribution in [0.4, 0.5) is 0 Å². The van der Waals surface area contributed by atoms with E-state index in [1.165, 1.54) is 38.5 Å². The maximum atomic E-state index is 10.2. The predicted octanol–water partition coefficient (Wildman–Crippen LogP) is 7.49. The molecule has 0 aromatic carbocycles. The summed E-state index contributed by atoms with van der Waals surface area (Å²) in [4.78, 5) is 20.4. The van der Waals surface area contributed by atoms with Crippen LogP contribution >= 0.6 is 0 Å². The summed E-state index contributed by atoms with van der Waals surface area (Å²) in [7, 11) is 0. The standard InChI is InChI=1S/2C18H34O3.Zn/c2*1-2-3-4-11-14-17(19)15-12-9-7-5-6-8-10-13-16-18(20)21;/h2*9,12,17,19H,2-8,10-11,13-16H2,1H3,(H,20,21);/q;;+2/p-2/b2*12-9-;. The molecule has 0 aliphatic carbocycles. The van der Waals surface area contributed by atoms with E-state index in [4.69, 9.17) is 0 Å². The molecule has 0 rings (SSSR count). The average Bonchev–Trinajstić information content (AvgIpc) is 2.95. The number of carboxylic acid groups (broad SMARTS) is 2. The van der Waals surface area contributed by atoms with Gasteiger partial charge in [-0.15, -0.1) is 0 Å². The number of carbonyl (C=O) groups is 2. The first-order chi connectivity index (χ1) is 20.3. The molecule has 0 amide bonds. The minimum Gasteiger partial charge on any atom is -0.550 e. The van der Waals surface area contributed by atoms with Crippen molar-refractivity contribution in [3.63, 3.8) is 0 Å². The minimum absolute atomic E-state index is 0. The Kier molecular flexibility index (Phi) is 42.1. The molecule has 2 unspecified atom stereocenters. The van der Waals surface area contributed by atoms with Gasteiger partial charge in [-0.3, -0.25) is 0 Å². The summed E-state index contributed by atoms with van der Waals surface area (Å²) in [6.07, 6.45) is 34.0. The number of carboxylic acids is 2. The van der Waals surface area contributed by atoms with Crippen molar-refractivity contribution in [2.45, 2.75) is 193 Å². The van der Waals surface area contributed by atoms with Crippen molar-refractivity contribution in [3.8, 4) is 0 Å². The molecule has 0 spiro atoms. The van der Waals surface area contributed by atoms with Gasteiger partial charge in [-0.25, -0.2) is 0 Å². The van der Waals surface area contributed by atoms with Crippen molar-refractivity contribution < 1.29 is 49.5 Å². The molecule has 248 valence electrons. The van der Waals surface area contributed by atoms with Crippen LogP contribution in [0.25, 0.3) is 0 Å². The molecule has 0 aromatic rings. The summed E-state index contributed by atoms with van der Waals surface area (Å²) >= 11 is 0. The summed E-state index contributed by atoms with van der Waals surface area (Å²) in [5.41, 5.74) is 0. The quantitative estimate of drug-likeness (QED) is 0.0468. The largest absolute Gasteiger partial charge is 2.00 e. The van der Waals surface area contributed by atoms with Gasteiger partial charge in [-0.2, -0.15) is 0 Å². The number of aliphatic hydroxyl groups excluding tert-OH is 2. The summed E-state index contributed by atoms with van der Waals surface area (Å²) in [5.74, 6) is -1.88. The van der Waals surface area contributed by atoms with Gasteiger partial charge in [0.2, 0.25) is 0 Å². The van der Waals surface area contributed by atoms with Crippen molar-refractivity contribution in [2.24, 2.45) is 0 Å². The molecule has 6 nitrogen and oxygen atoms in total. The monoisotopic (exact) mass is 658 g/mol. The summed E-state index contributed by atoms with van der Waals surface area (Å²) in [6, 6.07) is 0. The van der Waals surface area contributed by atoms with Crippen LogP contribution in [0.1, 0.15) is 181 Å². The molecule has 0 aromatic heterocycles. The maximum absolute atomic E-state index is 10.2. The number of hydrogen-bond acceptors (Lipinski definition) is 6. The van der Waals surface area contributed by atoms with Gasteiger partial charge >= 0.3 is 19.5 Å².